The van der Waals surface area contributed by atoms with Gasteiger partial charge in [-0.25, -0.2) is 8.42 Å². The molecule has 36 heavy (non-hydrogen) atoms. The molecule has 1 N–H and O–H groups in total. The molecule has 1 atom stereocenters. The van der Waals surface area contributed by atoms with Crippen molar-refractivity contribution in [3.8, 4) is 5.75 Å². The van der Waals surface area contributed by atoms with Gasteiger partial charge >= 0.3 is 0 Å². The molecule has 1 aromatic heterocycles. The highest BCUT2D eigenvalue weighted by Gasteiger charge is 2.30. The second-order valence-corrected chi connectivity index (χ2v) is 10.3. The molecule has 192 valence electrons. The van der Waals surface area contributed by atoms with E-state index in [0.717, 1.165) is 21.7 Å². The van der Waals surface area contributed by atoms with Crippen LogP contribution >= 0.6 is 0 Å². The molecule has 0 bridgehead atoms. The van der Waals surface area contributed by atoms with Gasteiger partial charge in [-0.15, -0.1) is 0 Å². The summed E-state index contributed by atoms with van der Waals surface area (Å²) in [6.07, 6.45) is 2.58. The smallest absolute Gasteiger partial charge is 0.242 e. The zero-order valence-electron chi connectivity index (χ0n) is 20.6. The number of carbonyl (C=O) groups excluding carboxylic acids is 2. The number of furan rings is 1. The average Bonchev–Trinajstić information content (AvgIpc) is 3.39. The van der Waals surface area contributed by atoms with E-state index in [0.29, 0.717) is 11.5 Å². The molecule has 10 heteroatoms. The van der Waals surface area contributed by atoms with Crippen LogP contribution < -0.4 is 10.1 Å². The van der Waals surface area contributed by atoms with Gasteiger partial charge in [0.05, 0.1) is 32.7 Å². The minimum atomic E-state index is -3.70. The minimum absolute atomic E-state index is 0.0425. The molecular weight excluding hydrogens is 482 g/mol. The zero-order chi connectivity index (χ0) is 26.1. The number of amides is 2. The van der Waals surface area contributed by atoms with E-state index in [1.807, 2.05) is 6.07 Å². The summed E-state index contributed by atoms with van der Waals surface area (Å²) in [5.41, 5.74) is 1.52. The van der Waals surface area contributed by atoms with Crippen molar-refractivity contribution in [2.24, 2.45) is 0 Å². The van der Waals surface area contributed by atoms with Gasteiger partial charge in [-0.05, 0) is 42.3 Å². The molecule has 9 nitrogen and oxygen atoms in total. The zero-order valence-corrected chi connectivity index (χ0v) is 21.4. The van der Waals surface area contributed by atoms with E-state index < -0.39 is 28.5 Å². The van der Waals surface area contributed by atoms with E-state index in [4.69, 9.17) is 9.15 Å². The molecule has 3 aromatic rings. The van der Waals surface area contributed by atoms with Gasteiger partial charge in [-0.1, -0.05) is 42.5 Å². The Labute approximate surface area is 211 Å². The third kappa shape index (κ3) is 7.69. The van der Waals surface area contributed by atoms with E-state index in [9.17, 15) is 18.0 Å². The fourth-order valence-corrected chi connectivity index (χ4v) is 4.29. The second-order valence-electron chi connectivity index (χ2n) is 8.36. The van der Waals surface area contributed by atoms with Crippen LogP contribution in [0.25, 0.3) is 0 Å². The van der Waals surface area contributed by atoms with Gasteiger partial charge in [0.15, 0.2) is 0 Å². The molecule has 0 aliphatic carbocycles. The maximum atomic E-state index is 13.5. The molecule has 0 radical (unpaired) electrons. The Balaban J connectivity index is 1.81. The lowest BCUT2D eigenvalue weighted by Gasteiger charge is -2.31. The number of rotatable bonds is 12. The topological polar surface area (TPSA) is 109 Å². The highest BCUT2D eigenvalue weighted by molar-refractivity contribution is 7.88. The van der Waals surface area contributed by atoms with Gasteiger partial charge in [0, 0.05) is 13.1 Å². The average molecular weight is 514 g/mol. The molecule has 0 unspecified atom stereocenters. The van der Waals surface area contributed by atoms with Gasteiger partial charge in [-0.3, -0.25) is 9.59 Å². The number of ether oxygens (including phenoxy) is 1. The Bertz CT molecular complexity index is 1230. The molecule has 0 saturated heterocycles. The summed E-state index contributed by atoms with van der Waals surface area (Å²) in [5, 5.41) is 2.77. The number of nitrogens with zero attached hydrogens (tertiary/aromatic N) is 2. The highest BCUT2D eigenvalue weighted by atomic mass is 32.2. The molecule has 0 aliphatic heterocycles. The molecule has 1 heterocycles. The van der Waals surface area contributed by atoms with Crippen molar-refractivity contribution in [2.45, 2.75) is 32.6 Å². The molecular formula is C26H31N3O6S. The van der Waals surface area contributed by atoms with E-state index >= 15 is 0 Å². The van der Waals surface area contributed by atoms with E-state index in [2.05, 4.69) is 5.32 Å². The van der Waals surface area contributed by atoms with Crippen LogP contribution in [-0.4, -0.2) is 55.4 Å². The highest BCUT2D eigenvalue weighted by Crippen LogP contribution is 2.16. The lowest BCUT2D eigenvalue weighted by atomic mass is 10.1. The number of sulfonamides is 1. The molecule has 0 aliphatic rings. The first-order valence-corrected chi connectivity index (χ1v) is 13.2. The lowest BCUT2D eigenvalue weighted by Crippen LogP contribution is -2.50. The first-order chi connectivity index (χ1) is 17.2. The first-order valence-electron chi connectivity index (χ1n) is 11.4. The maximum absolute atomic E-state index is 13.5. The van der Waals surface area contributed by atoms with Gasteiger partial charge in [0.1, 0.15) is 17.6 Å². The Kier molecular flexibility index (Phi) is 9.26. The normalized spacial score (nSPS) is 12.2. The van der Waals surface area contributed by atoms with E-state index in [-0.39, 0.29) is 25.5 Å². The number of benzene rings is 2. The van der Waals surface area contributed by atoms with E-state index in [1.165, 1.54) is 11.2 Å². The van der Waals surface area contributed by atoms with Gasteiger partial charge in [0.2, 0.25) is 21.8 Å². The monoisotopic (exact) mass is 513 g/mol. The van der Waals surface area contributed by atoms with Gasteiger partial charge in [0.25, 0.3) is 0 Å². The number of carbonyl (C=O) groups is 2. The number of hydrogen-bond donors (Lipinski definition) is 1. The Morgan fingerprint density at radius 2 is 1.64 bits per heavy atom. The maximum Gasteiger partial charge on any atom is 0.242 e. The second kappa shape index (κ2) is 12.4. The SMILES string of the molecule is COc1ccc(CN(C(=O)CN(Cc2ccccc2)S(C)(=O)=O)[C@H](C)C(=O)NCc2ccco2)cc1. The Hall–Kier alpha value is -3.63. The van der Waals surface area contributed by atoms with E-state index in [1.54, 1.807) is 74.7 Å². The summed E-state index contributed by atoms with van der Waals surface area (Å²) < 4.78 is 36.6. The summed E-state index contributed by atoms with van der Waals surface area (Å²) in [6.45, 7) is 1.53. The van der Waals surface area contributed by atoms with Gasteiger partial charge in [-0.2, -0.15) is 4.31 Å². The van der Waals surface area contributed by atoms with Crippen molar-refractivity contribution in [2.75, 3.05) is 19.9 Å². The van der Waals surface area contributed by atoms with Crippen LogP contribution in [0.1, 0.15) is 23.8 Å². The van der Waals surface area contributed by atoms with Crippen LogP contribution in [0.4, 0.5) is 0 Å². The van der Waals surface area contributed by atoms with Crippen molar-refractivity contribution < 1.29 is 27.2 Å². The largest absolute Gasteiger partial charge is 0.497 e. The minimum Gasteiger partial charge on any atom is -0.497 e. The van der Waals surface area contributed by atoms with Crippen molar-refractivity contribution >= 4 is 21.8 Å². The van der Waals surface area contributed by atoms with Crippen molar-refractivity contribution in [1.82, 2.24) is 14.5 Å². The summed E-state index contributed by atoms with van der Waals surface area (Å²) in [5.74, 6) is 0.358. The van der Waals surface area contributed by atoms with Gasteiger partial charge < -0.3 is 19.4 Å². The Morgan fingerprint density at radius 3 is 2.22 bits per heavy atom. The molecule has 3 rings (SSSR count). The molecule has 2 amide bonds. The summed E-state index contributed by atoms with van der Waals surface area (Å²) in [7, 11) is -2.14. The number of nitrogens with one attached hydrogen (secondary N) is 1. The third-order valence-electron chi connectivity index (χ3n) is 5.68. The standard InChI is InChI=1S/C26H31N3O6S/c1-20(26(31)27-16-24-10-7-15-35-24)29(18-22-11-13-23(34-2)14-12-22)25(30)19-28(36(3,32)33)17-21-8-5-4-6-9-21/h4-15,20H,16-19H2,1-3H3,(H,27,31)/t20-/m1/s1. The van der Waals surface area contributed by atoms with Crippen LogP contribution in [0, 0.1) is 0 Å². The third-order valence-corrected chi connectivity index (χ3v) is 6.87. The van der Waals surface area contributed by atoms with Crippen LogP contribution in [-0.2, 0) is 39.2 Å². The molecule has 0 fully saturated rings. The number of methoxy groups -OCH3 is 1. The Morgan fingerprint density at radius 1 is 0.972 bits per heavy atom. The summed E-state index contributed by atoms with van der Waals surface area (Å²) in [4.78, 5) is 27.8. The molecule has 2 aromatic carbocycles. The summed E-state index contributed by atoms with van der Waals surface area (Å²) >= 11 is 0. The molecule has 0 saturated carbocycles. The predicted molar refractivity (Wildman–Crippen MR) is 135 cm³/mol. The number of hydrogen-bond acceptors (Lipinski definition) is 6. The summed E-state index contributed by atoms with van der Waals surface area (Å²) in [6, 6.07) is 18.7. The van der Waals surface area contributed by atoms with Crippen LogP contribution in [0.15, 0.2) is 77.4 Å². The van der Waals surface area contributed by atoms with Crippen molar-refractivity contribution in [1.29, 1.82) is 0 Å². The predicted octanol–water partition coefficient (Wildman–Crippen LogP) is 2.78. The first kappa shape index (κ1) is 27.0. The van der Waals surface area contributed by atoms with Crippen LogP contribution in [0.2, 0.25) is 0 Å². The van der Waals surface area contributed by atoms with Crippen molar-refractivity contribution in [3.05, 3.63) is 89.9 Å². The van der Waals surface area contributed by atoms with Crippen LogP contribution in [0.5, 0.6) is 5.75 Å². The quantitative estimate of drug-likeness (QED) is 0.399. The molecule has 0 spiro atoms. The lowest BCUT2D eigenvalue weighted by molar-refractivity contribution is -0.140. The van der Waals surface area contributed by atoms with Crippen LogP contribution in [0.3, 0.4) is 0 Å². The fourth-order valence-electron chi connectivity index (χ4n) is 3.56. The van der Waals surface area contributed by atoms with Crippen molar-refractivity contribution in [3.63, 3.8) is 0 Å². The fraction of sp³-hybridized carbons (Fsp3) is 0.308.